The number of carbonyl (C=O) groups excluding carboxylic acids is 3. The van der Waals surface area contributed by atoms with Crippen molar-refractivity contribution in [3.8, 4) is 0 Å². The van der Waals surface area contributed by atoms with Gasteiger partial charge in [-0.25, -0.2) is 4.79 Å². The van der Waals surface area contributed by atoms with E-state index in [4.69, 9.17) is 0 Å². The largest absolute Gasteiger partial charge is 0.466 e. The molecule has 2 N–H and O–H groups in total. The fourth-order valence-electron chi connectivity index (χ4n) is 1.43. The van der Waals surface area contributed by atoms with Gasteiger partial charge in [-0.2, -0.15) is 0 Å². The number of amides is 2. The van der Waals surface area contributed by atoms with Crippen molar-refractivity contribution in [2.45, 2.75) is 6.92 Å². The standard InChI is InChI=1S/C14H16N2O4/c1-3-15-14(19)10-6-4-5-7-11(10)16-12(17)8-9-13(18)20-2/h4-9H,3H2,1-2H3,(H,15,19)(H,16,17). The van der Waals surface area contributed by atoms with Crippen molar-refractivity contribution in [1.82, 2.24) is 5.32 Å². The van der Waals surface area contributed by atoms with E-state index in [0.717, 1.165) is 12.2 Å². The average molecular weight is 276 g/mol. The van der Waals surface area contributed by atoms with E-state index >= 15 is 0 Å². The van der Waals surface area contributed by atoms with Crippen molar-refractivity contribution in [3.05, 3.63) is 42.0 Å². The maximum absolute atomic E-state index is 11.8. The molecule has 0 fully saturated rings. The van der Waals surface area contributed by atoms with Gasteiger partial charge in [-0.15, -0.1) is 0 Å². The van der Waals surface area contributed by atoms with Gasteiger partial charge in [-0.05, 0) is 19.1 Å². The Balaban J connectivity index is 2.82. The number of ether oxygens (including phenoxy) is 1. The summed E-state index contributed by atoms with van der Waals surface area (Å²) in [5, 5.41) is 5.19. The van der Waals surface area contributed by atoms with E-state index in [0.29, 0.717) is 17.8 Å². The number of hydrogen-bond acceptors (Lipinski definition) is 4. The van der Waals surface area contributed by atoms with Crippen LogP contribution in [0.2, 0.25) is 0 Å². The highest BCUT2D eigenvalue weighted by Gasteiger charge is 2.11. The molecule has 0 aliphatic rings. The Bertz CT molecular complexity index is 538. The molecule has 20 heavy (non-hydrogen) atoms. The Labute approximate surface area is 116 Å². The zero-order chi connectivity index (χ0) is 15.0. The minimum absolute atomic E-state index is 0.277. The van der Waals surface area contributed by atoms with Crippen LogP contribution in [-0.2, 0) is 14.3 Å². The second-order valence-corrected chi connectivity index (χ2v) is 3.75. The van der Waals surface area contributed by atoms with E-state index in [1.165, 1.54) is 7.11 Å². The average Bonchev–Trinajstić information content (AvgIpc) is 2.45. The highest BCUT2D eigenvalue weighted by Crippen LogP contribution is 2.14. The molecule has 0 heterocycles. The lowest BCUT2D eigenvalue weighted by Crippen LogP contribution is -2.24. The van der Waals surface area contributed by atoms with Crippen LogP contribution < -0.4 is 10.6 Å². The second-order valence-electron chi connectivity index (χ2n) is 3.75. The van der Waals surface area contributed by atoms with Crippen LogP contribution in [0.5, 0.6) is 0 Å². The SMILES string of the molecule is CCNC(=O)c1ccccc1NC(=O)C=CC(=O)OC. The van der Waals surface area contributed by atoms with Crippen LogP contribution in [0.3, 0.4) is 0 Å². The highest BCUT2D eigenvalue weighted by atomic mass is 16.5. The summed E-state index contributed by atoms with van der Waals surface area (Å²) < 4.78 is 4.37. The molecule has 2 amide bonds. The first-order chi connectivity index (χ1) is 9.58. The number of carbonyl (C=O) groups is 3. The van der Waals surface area contributed by atoms with Gasteiger partial charge in [0.25, 0.3) is 5.91 Å². The van der Waals surface area contributed by atoms with E-state index in [1.807, 2.05) is 0 Å². The summed E-state index contributed by atoms with van der Waals surface area (Å²) in [5.41, 5.74) is 0.729. The Kier molecular flexibility index (Phi) is 5.96. The third-order valence-electron chi connectivity index (χ3n) is 2.34. The molecule has 1 aromatic carbocycles. The Morgan fingerprint density at radius 2 is 1.90 bits per heavy atom. The predicted molar refractivity (Wildman–Crippen MR) is 74.2 cm³/mol. The third-order valence-corrected chi connectivity index (χ3v) is 2.34. The second kappa shape index (κ2) is 7.73. The summed E-state index contributed by atoms with van der Waals surface area (Å²) in [4.78, 5) is 34.3. The van der Waals surface area contributed by atoms with Gasteiger partial charge in [-0.3, -0.25) is 9.59 Å². The van der Waals surface area contributed by atoms with Crippen LogP contribution in [0.4, 0.5) is 5.69 Å². The molecule has 0 radical (unpaired) electrons. The number of esters is 1. The first kappa shape index (κ1) is 15.4. The van der Waals surface area contributed by atoms with E-state index in [-0.39, 0.29) is 5.91 Å². The molecular weight excluding hydrogens is 260 g/mol. The van der Waals surface area contributed by atoms with Crippen molar-refractivity contribution < 1.29 is 19.1 Å². The van der Waals surface area contributed by atoms with Crippen molar-refractivity contribution >= 4 is 23.5 Å². The molecule has 0 bridgehead atoms. The Morgan fingerprint density at radius 1 is 1.20 bits per heavy atom. The number of hydrogen-bond donors (Lipinski definition) is 2. The lowest BCUT2D eigenvalue weighted by Gasteiger charge is -2.09. The number of anilines is 1. The predicted octanol–water partition coefficient (Wildman–Crippen LogP) is 1.10. The molecule has 1 rings (SSSR count). The van der Waals surface area contributed by atoms with Gasteiger partial charge in [0.15, 0.2) is 0 Å². The molecule has 0 saturated carbocycles. The van der Waals surface area contributed by atoms with Gasteiger partial charge in [0.1, 0.15) is 0 Å². The zero-order valence-corrected chi connectivity index (χ0v) is 11.3. The van der Waals surface area contributed by atoms with Crippen LogP contribution >= 0.6 is 0 Å². The minimum atomic E-state index is -0.628. The normalized spacial score (nSPS) is 10.1. The number of methoxy groups -OCH3 is 1. The van der Waals surface area contributed by atoms with Crippen molar-refractivity contribution in [2.24, 2.45) is 0 Å². The summed E-state index contributed by atoms with van der Waals surface area (Å²) in [6.07, 6.45) is 2.05. The number of para-hydroxylation sites is 1. The minimum Gasteiger partial charge on any atom is -0.466 e. The summed E-state index contributed by atoms with van der Waals surface area (Å²) in [6.45, 7) is 2.29. The molecule has 106 valence electrons. The Morgan fingerprint density at radius 3 is 2.55 bits per heavy atom. The van der Waals surface area contributed by atoms with E-state index < -0.39 is 11.9 Å². The molecule has 0 atom stereocenters. The van der Waals surface area contributed by atoms with Crippen LogP contribution in [0.15, 0.2) is 36.4 Å². The first-order valence-corrected chi connectivity index (χ1v) is 6.02. The first-order valence-electron chi connectivity index (χ1n) is 6.02. The molecule has 0 spiro atoms. The van der Waals surface area contributed by atoms with E-state index in [9.17, 15) is 14.4 Å². The number of benzene rings is 1. The fourth-order valence-corrected chi connectivity index (χ4v) is 1.43. The maximum Gasteiger partial charge on any atom is 0.330 e. The summed E-state index contributed by atoms with van der Waals surface area (Å²) in [7, 11) is 1.22. The maximum atomic E-state index is 11.8. The lowest BCUT2D eigenvalue weighted by molar-refractivity contribution is -0.135. The summed E-state index contributed by atoms with van der Waals surface area (Å²) in [5.74, 6) is -1.43. The summed E-state index contributed by atoms with van der Waals surface area (Å²) in [6, 6.07) is 6.60. The van der Waals surface area contributed by atoms with Gasteiger partial charge in [0.2, 0.25) is 5.91 Å². The quantitative estimate of drug-likeness (QED) is 0.623. The molecule has 0 saturated heterocycles. The van der Waals surface area contributed by atoms with Crippen molar-refractivity contribution in [3.63, 3.8) is 0 Å². The van der Waals surface area contributed by atoms with Crippen LogP contribution in [0.25, 0.3) is 0 Å². The molecular formula is C14H16N2O4. The fraction of sp³-hybridized carbons (Fsp3) is 0.214. The molecule has 6 nitrogen and oxygen atoms in total. The van der Waals surface area contributed by atoms with Crippen LogP contribution in [0.1, 0.15) is 17.3 Å². The van der Waals surface area contributed by atoms with Crippen LogP contribution in [-0.4, -0.2) is 31.4 Å². The highest BCUT2D eigenvalue weighted by molar-refractivity contribution is 6.07. The topological polar surface area (TPSA) is 84.5 Å². The molecule has 0 aliphatic carbocycles. The number of nitrogens with one attached hydrogen (secondary N) is 2. The van der Waals surface area contributed by atoms with Gasteiger partial charge in [-0.1, -0.05) is 12.1 Å². The van der Waals surface area contributed by atoms with Crippen LogP contribution in [0, 0.1) is 0 Å². The molecule has 0 aromatic heterocycles. The van der Waals surface area contributed by atoms with Crippen molar-refractivity contribution in [2.75, 3.05) is 19.0 Å². The summed E-state index contributed by atoms with van der Waals surface area (Å²) >= 11 is 0. The van der Waals surface area contributed by atoms with Gasteiger partial charge >= 0.3 is 5.97 Å². The number of rotatable bonds is 5. The van der Waals surface area contributed by atoms with E-state index in [1.54, 1.807) is 31.2 Å². The monoisotopic (exact) mass is 276 g/mol. The van der Waals surface area contributed by atoms with Crippen molar-refractivity contribution in [1.29, 1.82) is 0 Å². The smallest absolute Gasteiger partial charge is 0.330 e. The molecule has 6 heteroatoms. The lowest BCUT2D eigenvalue weighted by atomic mass is 10.1. The molecule has 0 unspecified atom stereocenters. The van der Waals surface area contributed by atoms with Gasteiger partial charge in [0, 0.05) is 18.7 Å². The molecule has 1 aromatic rings. The zero-order valence-electron chi connectivity index (χ0n) is 11.3. The van der Waals surface area contributed by atoms with E-state index in [2.05, 4.69) is 15.4 Å². The van der Waals surface area contributed by atoms with Gasteiger partial charge < -0.3 is 15.4 Å². The Hall–Kier alpha value is -2.63. The third kappa shape index (κ3) is 4.56. The molecule has 0 aliphatic heterocycles. The van der Waals surface area contributed by atoms with Gasteiger partial charge in [0.05, 0.1) is 18.4 Å².